The lowest BCUT2D eigenvalue weighted by atomic mass is 10.1. The zero-order valence-corrected chi connectivity index (χ0v) is 12.5. The van der Waals surface area contributed by atoms with Gasteiger partial charge in [-0.05, 0) is 36.6 Å². The van der Waals surface area contributed by atoms with Crippen LogP contribution in [0.1, 0.15) is 43.5 Å². The molecule has 0 aromatic heterocycles. The van der Waals surface area contributed by atoms with Gasteiger partial charge in [0.05, 0.1) is 24.2 Å². The molecule has 0 spiro atoms. The number of rotatable bonds is 9. The predicted molar refractivity (Wildman–Crippen MR) is 73.4 cm³/mol. The summed E-state index contributed by atoms with van der Waals surface area (Å²) in [4.78, 5) is 12.5. The molecule has 112 valence electrons. The number of carbonyl (C=O) groups is 1. The van der Waals surface area contributed by atoms with Gasteiger partial charge in [0.1, 0.15) is 0 Å². The number of benzene rings is 1. The topological polar surface area (TPSA) is 67.8 Å². The molecule has 0 saturated carbocycles. The van der Waals surface area contributed by atoms with Crippen LogP contribution in [0, 0.1) is 5.92 Å². The van der Waals surface area contributed by atoms with Crippen molar-refractivity contribution in [3.63, 3.8) is 0 Å². The fourth-order valence-electron chi connectivity index (χ4n) is 1.64. The molecule has 0 aliphatic carbocycles. The van der Waals surface area contributed by atoms with Crippen molar-refractivity contribution >= 4 is 18.0 Å². The number of ether oxygens (including phenoxy) is 1. The monoisotopic (exact) mass is 299 g/mol. The van der Waals surface area contributed by atoms with Crippen molar-refractivity contribution in [2.75, 3.05) is 6.61 Å². The second-order valence-corrected chi connectivity index (χ2v) is 5.36. The highest BCUT2D eigenvalue weighted by Crippen LogP contribution is 2.19. The second-order valence-electron chi connectivity index (χ2n) is 4.59. The first-order valence-corrected chi connectivity index (χ1v) is 7.31. The van der Waals surface area contributed by atoms with Crippen LogP contribution < -0.4 is 5.26 Å². The van der Waals surface area contributed by atoms with Crippen molar-refractivity contribution in [3.8, 4) is 0 Å². The lowest BCUT2D eigenvalue weighted by Gasteiger charge is -2.11. The molecule has 0 bridgehead atoms. The minimum Gasteiger partial charge on any atom is -0.691 e. The summed E-state index contributed by atoms with van der Waals surface area (Å²) in [6.07, 6.45) is 3.35. The zero-order chi connectivity index (χ0) is 14.8. The maximum Gasteiger partial charge on any atom is 0.338 e. The van der Waals surface area contributed by atoms with Gasteiger partial charge in [0.15, 0.2) is 0 Å². The van der Waals surface area contributed by atoms with Crippen molar-refractivity contribution in [1.82, 2.24) is 0 Å². The smallest absolute Gasteiger partial charge is 0.338 e. The zero-order valence-electron chi connectivity index (χ0n) is 11.7. The van der Waals surface area contributed by atoms with Gasteiger partial charge in [-0.15, -0.1) is 0 Å². The Labute approximate surface area is 123 Å². The highest BCUT2D eigenvalue weighted by Gasteiger charge is 2.10. The number of esters is 1. The molecule has 0 heterocycles. The largest absolute Gasteiger partial charge is 0.691 e. The van der Waals surface area contributed by atoms with Gasteiger partial charge in [0.2, 0.25) is 0 Å². The minimum absolute atomic E-state index is 0.342. The van der Waals surface area contributed by atoms with Crippen LogP contribution >= 0.6 is 12.0 Å². The van der Waals surface area contributed by atoms with Crippen LogP contribution in [0.3, 0.4) is 0 Å². The fraction of sp³-hybridized carbons (Fsp3) is 0.500. The van der Waals surface area contributed by atoms with Crippen LogP contribution in [0.5, 0.6) is 0 Å². The van der Waals surface area contributed by atoms with Crippen LogP contribution in [0.25, 0.3) is 0 Å². The van der Waals surface area contributed by atoms with Crippen molar-refractivity contribution in [2.45, 2.75) is 38.0 Å². The normalized spacial score (nSPS) is 12.2. The van der Waals surface area contributed by atoms with Crippen molar-refractivity contribution in [2.24, 2.45) is 5.92 Å². The van der Waals surface area contributed by atoms with E-state index in [2.05, 4.69) is 23.2 Å². The van der Waals surface area contributed by atoms with Gasteiger partial charge in [0, 0.05) is 4.90 Å². The third-order valence-corrected chi connectivity index (χ3v) is 3.39. The fourth-order valence-corrected chi connectivity index (χ4v) is 1.99. The van der Waals surface area contributed by atoms with E-state index in [0.29, 0.717) is 23.0 Å². The third kappa shape index (κ3) is 6.38. The first kappa shape index (κ1) is 17.0. The molecule has 0 fully saturated rings. The summed E-state index contributed by atoms with van der Waals surface area (Å²) in [6.45, 7) is 4.64. The summed E-state index contributed by atoms with van der Waals surface area (Å²) < 4.78 is 9.44. The average Bonchev–Trinajstić information content (AvgIpc) is 2.49. The van der Waals surface area contributed by atoms with Crippen molar-refractivity contribution in [1.29, 1.82) is 0 Å². The van der Waals surface area contributed by atoms with Crippen LogP contribution in [0.4, 0.5) is 0 Å². The van der Waals surface area contributed by atoms with Gasteiger partial charge in [-0.3, -0.25) is 5.04 Å². The molecule has 0 N–H and O–H groups in total. The first-order valence-electron chi connectivity index (χ1n) is 6.57. The van der Waals surface area contributed by atoms with Crippen molar-refractivity contribution < 1.29 is 24.2 Å². The second kappa shape index (κ2) is 9.77. The molecule has 1 atom stereocenters. The molecular formula is C14H19O5S-. The summed E-state index contributed by atoms with van der Waals surface area (Å²) in [5, 5.41) is 12.9. The Morgan fingerprint density at radius 1 is 1.35 bits per heavy atom. The summed E-state index contributed by atoms with van der Waals surface area (Å²) in [5.74, 6) is 0.0298. The molecule has 0 aliphatic heterocycles. The Morgan fingerprint density at radius 3 is 2.65 bits per heavy atom. The lowest BCUT2D eigenvalue weighted by molar-refractivity contribution is -0.777. The number of unbranched alkanes of at least 4 members (excludes halogenated alkanes) is 1. The molecule has 0 saturated heterocycles. The molecular weight excluding hydrogens is 280 g/mol. The van der Waals surface area contributed by atoms with Crippen LogP contribution in [-0.2, 0) is 14.1 Å². The van der Waals surface area contributed by atoms with E-state index in [-0.39, 0.29) is 5.97 Å². The van der Waals surface area contributed by atoms with Gasteiger partial charge < -0.3 is 9.99 Å². The van der Waals surface area contributed by atoms with E-state index in [4.69, 9.17) is 4.74 Å². The van der Waals surface area contributed by atoms with Gasteiger partial charge in [-0.1, -0.05) is 26.7 Å². The van der Waals surface area contributed by atoms with E-state index in [1.807, 2.05) is 0 Å². The molecule has 0 radical (unpaired) electrons. The van der Waals surface area contributed by atoms with Crippen molar-refractivity contribution in [3.05, 3.63) is 29.8 Å². The maximum absolute atomic E-state index is 11.8. The summed E-state index contributed by atoms with van der Waals surface area (Å²) in [6, 6.07) is 6.55. The highest BCUT2D eigenvalue weighted by atomic mass is 32.2. The van der Waals surface area contributed by atoms with E-state index in [9.17, 15) is 10.1 Å². The van der Waals surface area contributed by atoms with Gasteiger partial charge in [-0.2, -0.15) is 4.33 Å². The molecule has 1 aromatic carbocycles. The SMILES string of the molecule is CCCCC(C)COC(=O)c1ccc(SOO[O-])cc1. The van der Waals surface area contributed by atoms with Crippen LogP contribution in [0.2, 0.25) is 0 Å². The van der Waals surface area contributed by atoms with Crippen LogP contribution in [-0.4, -0.2) is 12.6 Å². The maximum atomic E-state index is 11.8. The predicted octanol–water partition coefficient (Wildman–Crippen LogP) is 2.90. The van der Waals surface area contributed by atoms with Gasteiger partial charge in [-0.25, -0.2) is 4.79 Å². The number of carbonyl (C=O) groups excluding carboxylic acids is 1. The van der Waals surface area contributed by atoms with E-state index < -0.39 is 0 Å². The van der Waals surface area contributed by atoms with Gasteiger partial charge >= 0.3 is 5.97 Å². The molecule has 6 heteroatoms. The Hall–Kier alpha value is -1.08. The standard InChI is InChI=1S/C14H20O5S/c1-3-4-5-11(2)10-17-14(15)12-6-8-13(9-7-12)20-19-18-16/h6-9,11,16H,3-5,10H2,1-2H3/p-1. The van der Waals surface area contributed by atoms with E-state index in [0.717, 1.165) is 31.3 Å². The summed E-state index contributed by atoms with van der Waals surface area (Å²) >= 11 is 0.781. The Morgan fingerprint density at radius 2 is 2.05 bits per heavy atom. The molecule has 1 rings (SSSR count). The van der Waals surface area contributed by atoms with E-state index in [1.165, 1.54) is 0 Å². The molecule has 0 aliphatic rings. The lowest BCUT2D eigenvalue weighted by Crippen LogP contribution is -2.12. The summed E-state index contributed by atoms with van der Waals surface area (Å²) in [5.41, 5.74) is 0.472. The molecule has 5 nitrogen and oxygen atoms in total. The molecule has 0 amide bonds. The van der Waals surface area contributed by atoms with Crippen LogP contribution in [0.15, 0.2) is 29.2 Å². The Bertz CT molecular complexity index is 393. The molecule has 1 aromatic rings. The van der Waals surface area contributed by atoms with Gasteiger partial charge in [0.25, 0.3) is 0 Å². The highest BCUT2D eigenvalue weighted by molar-refractivity contribution is 7.94. The van der Waals surface area contributed by atoms with E-state index >= 15 is 0 Å². The molecule has 20 heavy (non-hydrogen) atoms. The number of hydrogen-bond acceptors (Lipinski definition) is 6. The quantitative estimate of drug-likeness (QED) is 0.302. The first-order chi connectivity index (χ1) is 9.67. The number of hydrogen-bond donors (Lipinski definition) is 0. The minimum atomic E-state index is -0.342. The molecule has 1 unspecified atom stereocenters. The average molecular weight is 299 g/mol. The van der Waals surface area contributed by atoms with E-state index in [1.54, 1.807) is 24.3 Å². The Balaban J connectivity index is 2.39. The third-order valence-electron chi connectivity index (χ3n) is 2.80. The Kier molecular flexibility index (Phi) is 8.29. The summed E-state index contributed by atoms with van der Waals surface area (Å²) in [7, 11) is 0.